The van der Waals surface area contributed by atoms with E-state index in [1.54, 1.807) is 42.5 Å². The van der Waals surface area contributed by atoms with Gasteiger partial charge < -0.3 is 10.2 Å². The quantitative estimate of drug-likeness (QED) is 0.544. The summed E-state index contributed by atoms with van der Waals surface area (Å²) in [6, 6.07) is 16.2. The molecule has 1 saturated heterocycles. The molecule has 0 aliphatic carbocycles. The van der Waals surface area contributed by atoms with E-state index < -0.39 is 0 Å². The van der Waals surface area contributed by atoms with Crippen LogP contribution in [0.2, 0.25) is 0 Å². The zero-order chi connectivity index (χ0) is 22.2. The molecule has 34 heavy (non-hydrogen) atoms. The maximum absolute atomic E-state index is 12.9. The summed E-state index contributed by atoms with van der Waals surface area (Å²) in [5.74, 6) is -0.410. The number of allylic oxidation sites excluding steroid dienone is 1. The largest absolute Gasteiger partial charge is 0.336 e. The summed E-state index contributed by atoms with van der Waals surface area (Å²) in [6.45, 7) is 4.45. The normalized spacial score (nSPS) is 16.1. The molecule has 2 aliphatic heterocycles. The summed E-state index contributed by atoms with van der Waals surface area (Å²) >= 11 is 0. The Morgan fingerprint density at radius 2 is 1.74 bits per heavy atom. The van der Waals surface area contributed by atoms with Crippen molar-refractivity contribution in [3.05, 3.63) is 77.1 Å². The van der Waals surface area contributed by atoms with Gasteiger partial charge in [-0.1, -0.05) is 18.2 Å². The SMILES string of the molecule is CC(=O)N1C(=Cc2ccc3cc(C(=O)N4CCNCC4)ccc3n2)C(=O)c2ccccc21.Cl.Cl. The molecule has 1 aromatic heterocycles. The number of hydrogen-bond acceptors (Lipinski definition) is 5. The van der Waals surface area contributed by atoms with Crippen LogP contribution in [-0.2, 0) is 4.79 Å². The van der Waals surface area contributed by atoms with Crippen molar-refractivity contribution in [2.75, 3.05) is 31.1 Å². The van der Waals surface area contributed by atoms with Gasteiger partial charge >= 0.3 is 0 Å². The fourth-order valence-electron chi connectivity index (χ4n) is 4.24. The molecule has 2 aliphatic rings. The number of halogens is 2. The van der Waals surface area contributed by atoms with Gasteiger partial charge in [0.25, 0.3) is 5.91 Å². The van der Waals surface area contributed by atoms with E-state index in [4.69, 9.17) is 0 Å². The van der Waals surface area contributed by atoms with Crippen LogP contribution in [0.4, 0.5) is 5.69 Å². The number of piperazine rings is 1. The first kappa shape index (κ1) is 25.4. The van der Waals surface area contributed by atoms with Crippen LogP contribution in [-0.4, -0.2) is 53.7 Å². The average Bonchev–Trinajstić information content (AvgIpc) is 3.10. The van der Waals surface area contributed by atoms with Crippen LogP contribution in [0.25, 0.3) is 17.0 Å². The number of rotatable bonds is 2. The summed E-state index contributed by atoms with van der Waals surface area (Å²) in [6.07, 6.45) is 1.64. The number of carbonyl (C=O) groups is 3. The molecular weight excluding hydrogens is 475 g/mol. The van der Waals surface area contributed by atoms with Crippen LogP contribution < -0.4 is 10.2 Å². The second-order valence-corrected chi connectivity index (χ2v) is 7.92. The number of benzene rings is 2. The first-order chi connectivity index (χ1) is 15.5. The highest BCUT2D eigenvalue weighted by Crippen LogP contribution is 2.35. The smallest absolute Gasteiger partial charge is 0.253 e. The van der Waals surface area contributed by atoms with Gasteiger partial charge in [-0.2, -0.15) is 0 Å². The molecule has 1 fully saturated rings. The van der Waals surface area contributed by atoms with Crippen LogP contribution >= 0.6 is 24.8 Å². The van der Waals surface area contributed by atoms with E-state index in [0.717, 1.165) is 18.5 Å². The molecule has 2 aromatic carbocycles. The fraction of sp³-hybridized carbons (Fsp3) is 0.200. The number of nitrogens with zero attached hydrogens (tertiary/aromatic N) is 3. The fourth-order valence-corrected chi connectivity index (χ4v) is 4.24. The van der Waals surface area contributed by atoms with Gasteiger partial charge in [-0.3, -0.25) is 19.3 Å². The minimum Gasteiger partial charge on any atom is -0.336 e. The topological polar surface area (TPSA) is 82.6 Å². The third-order valence-corrected chi connectivity index (χ3v) is 5.82. The van der Waals surface area contributed by atoms with E-state index >= 15 is 0 Å². The number of nitrogens with one attached hydrogen (secondary N) is 1. The number of carbonyl (C=O) groups excluding carboxylic acids is 3. The van der Waals surface area contributed by atoms with Crippen LogP contribution in [0.5, 0.6) is 0 Å². The highest BCUT2D eigenvalue weighted by Gasteiger charge is 2.34. The van der Waals surface area contributed by atoms with E-state index in [-0.39, 0.29) is 48.1 Å². The highest BCUT2D eigenvalue weighted by molar-refractivity contribution is 6.26. The van der Waals surface area contributed by atoms with Crippen molar-refractivity contribution >= 4 is 65.1 Å². The molecule has 5 rings (SSSR count). The first-order valence-electron chi connectivity index (χ1n) is 10.6. The molecule has 0 radical (unpaired) electrons. The van der Waals surface area contributed by atoms with E-state index in [1.807, 2.05) is 23.1 Å². The predicted octanol–water partition coefficient (Wildman–Crippen LogP) is 3.71. The van der Waals surface area contributed by atoms with E-state index in [9.17, 15) is 14.4 Å². The van der Waals surface area contributed by atoms with Crippen molar-refractivity contribution in [2.45, 2.75) is 6.92 Å². The summed E-state index contributed by atoms with van der Waals surface area (Å²) in [5, 5.41) is 4.09. The number of fused-ring (bicyclic) bond motifs is 2. The molecule has 176 valence electrons. The monoisotopic (exact) mass is 498 g/mol. The first-order valence-corrected chi connectivity index (χ1v) is 10.6. The Hall–Kier alpha value is -3.26. The molecular formula is C25H24Cl2N4O3. The van der Waals surface area contributed by atoms with Crippen LogP contribution in [0, 0.1) is 0 Å². The molecule has 7 nitrogen and oxygen atoms in total. The Kier molecular flexibility index (Phi) is 7.71. The Morgan fingerprint density at radius 1 is 1.00 bits per heavy atom. The van der Waals surface area contributed by atoms with Gasteiger partial charge in [0, 0.05) is 49.6 Å². The lowest BCUT2D eigenvalue weighted by molar-refractivity contribution is -0.116. The third kappa shape index (κ3) is 4.55. The lowest BCUT2D eigenvalue weighted by Crippen LogP contribution is -2.46. The zero-order valence-electron chi connectivity index (χ0n) is 18.5. The van der Waals surface area contributed by atoms with E-state index in [0.29, 0.717) is 41.1 Å². The van der Waals surface area contributed by atoms with Gasteiger partial charge in [0.05, 0.1) is 22.6 Å². The van der Waals surface area contributed by atoms with Crippen molar-refractivity contribution in [2.24, 2.45) is 0 Å². The molecule has 1 N–H and O–H groups in total. The van der Waals surface area contributed by atoms with Crippen molar-refractivity contribution in [3.8, 4) is 0 Å². The summed E-state index contributed by atoms with van der Waals surface area (Å²) < 4.78 is 0. The summed E-state index contributed by atoms with van der Waals surface area (Å²) in [7, 11) is 0. The number of hydrogen-bond donors (Lipinski definition) is 1. The summed E-state index contributed by atoms with van der Waals surface area (Å²) in [4.78, 5) is 45.9. The van der Waals surface area contributed by atoms with Crippen LogP contribution in [0.3, 0.4) is 0 Å². The van der Waals surface area contributed by atoms with Gasteiger partial charge in [-0.15, -0.1) is 24.8 Å². The third-order valence-electron chi connectivity index (χ3n) is 5.82. The van der Waals surface area contributed by atoms with E-state index in [2.05, 4.69) is 10.3 Å². The van der Waals surface area contributed by atoms with Gasteiger partial charge in [0.2, 0.25) is 11.7 Å². The number of para-hydroxylation sites is 1. The second kappa shape index (κ2) is 10.3. The molecule has 0 saturated carbocycles. The molecule has 3 aromatic rings. The lowest BCUT2D eigenvalue weighted by atomic mass is 10.1. The van der Waals surface area contributed by atoms with Gasteiger partial charge in [-0.05, 0) is 42.5 Å². The Bertz CT molecular complexity index is 1300. The Labute approximate surface area is 209 Å². The predicted molar refractivity (Wildman–Crippen MR) is 137 cm³/mol. The Morgan fingerprint density at radius 3 is 2.47 bits per heavy atom. The number of ketones is 1. The molecule has 0 bridgehead atoms. The number of anilines is 1. The maximum atomic E-state index is 12.9. The van der Waals surface area contributed by atoms with Crippen LogP contribution in [0.15, 0.2) is 60.3 Å². The van der Waals surface area contributed by atoms with Gasteiger partial charge in [-0.25, -0.2) is 4.98 Å². The highest BCUT2D eigenvalue weighted by atomic mass is 35.5. The number of Topliss-reactive ketones (excluding diaryl/α,β-unsaturated/α-hetero) is 1. The van der Waals surface area contributed by atoms with Gasteiger partial charge in [0.1, 0.15) is 0 Å². The number of amides is 2. The molecule has 2 amide bonds. The minimum absolute atomic E-state index is 0. The van der Waals surface area contributed by atoms with Crippen molar-refractivity contribution in [1.82, 2.24) is 15.2 Å². The standard InChI is InChI=1S/C25H22N4O3.2ClH/c1-16(30)29-22-5-3-2-4-20(22)24(31)23(29)15-19-8-6-17-14-18(7-9-21(17)27-19)25(32)28-12-10-26-11-13-28;;/h2-9,14-15,26H,10-13H2,1H3;2*1H. The molecule has 0 atom stereocenters. The van der Waals surface area contributed by atoms with Crippen LogP contribution in [0.1, 0.15) is 33.3 Å². The minimum atomic E-state index is -0.230. The van der Waals surface area contributed by atoms with Crippen molar-refractivity contribution in [1.29, 1.82) is 0 Å². The van der Waals surface area contributed by atoms with E-state index in [1.165, 1.54) is 11.8 Å². The molecule has 0 spiro atoms. The average molecular weight is 499 g/mol. The second-order valence-electron chi connectivity index (χ2n) is 7.92. The van der Waals surface area contributed by atoms with Crippen molar-refractivity contribution in [3.63, 3.8) is 0 Å². The van der Waals surface area contributed by atoms with Gasteiger partial charge in [0.15, 0.2) is 0 Å². The zero-order valence-corrected chi connectivity index (χ0v) is 20.1. The molecule has 0 unspecified atom stereocenters. The maximum Gasteiger partial charge on any atom is 0.253 e. The molecule has 9 heteroatoms. The Balaban J connectivity index is 0.00000162. The summed E-state index contributed by atoms with van der Waals surface area (Å²) in [5.41, 5.74) is 3.31. The van der Waals surface area contributed by atoms with Crippen molar-refractivity contribution < 1.29 is 14.4 Å². The molecule has 3 heterocycles. The number of pyridine rings is 1. The number of aromatic nitrogens is 1. The lowest BCUT2D eigenvalue weighted by Gasteiger charge is -2.27.